The maximum atomic E-state index is 12.2. The molecule has 0 aromatic heterocycles. The molecule has 2 atom stereocenters. The lowest BCUT2D eigenvalue weighted by atomic mass is 10.1. The third-order valence-corrected chi connectivity index (χ3v) is 3.49. The zero-order chi connectivity index (χ0) is 14.5. The Kier molecular flexibility index (Phi) is 5.11. The van der Waals surface area contributed by atoms with Crippen molar-refractivity contribution >= 4 is 5.91 Å². The second-order valence-corrected chi connectivity index (χ2v) is 5.45. The molecule has 0 aliphatic carbocycles. The molecular formula is C15H23N3O2. The van der Waals surface area contributed by atoms with Gasteiger partial charge in [0.1, 0.15) is 0 Å². The van der Waals surface area contributed by atoms with Crippen molar-refractivity contribution in [3.8, 4) is 0 Å². The number of carbonyl (C=O) groups is 1. The highest BCUT2D eigenvalue weighted by Crippen LogP contribution is 2.09. The topological polar surface area (TPSA) is 53.6 Å². The summed E-state index contributed by atoms with van der Waals surface area (Å²) in [4.78, 5) is 14.3. The summed E-state index contributed by atoms with van der Waals surface area (Å²) in [6, 6.07) is 7.77. The number of amides is 1. The molecule has 0 bridgehead atoms. The van der Waals surface area contributed by atoms with Gasteiger partial charge in [-0.15, -0.1) is 0 Å². The minimum atomic E-state index is -0.0443. The average molecular weight is 277 g/mol. The van der Waals surface area contributed by atoms with Gasteiger partial charge in [0, 0.05) is 32.3 Å². The van der Waals surface area contributed by atoms with E-state index >= 15 is 0 Å². The first-order valence-electron chi connectivity index (χ1n) is 6.88. The standard InChI is InChI=1S/C15H23N3O2/c1-18(2)10-11-4-6-12(7-5-11)15(19)17-13-8-16-9-14(13)20-3/h4-7,13-14,16H,8-10H2,1-3H3,(H,17,19)/t13?,14-/m0/s1. The van der Waals surface area contributed by atoms with Crippen LogP contribution in [0.1, 0.15) is 15.9 Å². The molecule has 1 unspecified atom stereocenters. The van der Waals surface area contributed by atoms with Crippen molar-refractivity contribution < 1.29 is 9.53 Å². The normalized spacial score (nSPS) is 22.2. The molecule has 0 saturated carbocycles. The summed E-state index contributed by atoms with van der Waals surface area (Å²) in [6.45, 7) is 2.41. The van der Waals surface area contributed by atoms with E-state index in [2.05, 4.69) is 15.5 Å². The molecule has 1 aliphatic heterocycles. The van der Waals surface area contributed by atoms with Gasteiger partial charge in [-0.1, -0.05) is 12.1 Å². The van der Waals surface area contributed by atoms with Crippen LogP contribution >= 0.6 is 0 Å². The Morgan fingerprint density at radius 1 is 1.35 bits per heavy atom. The number of hydrogen-bond donors (Lipinski definition) is 2. The molecule has 1 aromatic rings. The number of nitrogens with one attached hydrogen (secondary N) is 2. The van der Waals surface area contributed by atoms with Crippen molar-refractivity contribution in [3.63, 3.8) is 0 Å². The summed E-state index contributed by atoms with van der Waals surface area (Å²) in [5.74, 6) is -0.0443. The Bertz CT molecular complexity index is 445. The zero-order valence-electron chi connectivity index (χ0n) is 12.3. The summed E-state index contributed by atoms with van der Waals surface area (Å²) < 4.78 is 5.34. The lowest BCUT2D eigenvalue weighted by Gasteiger charge is -2.18. The summed E-state index contributed by atoms with van der Waals surface area (Å²) in [7, 11) is 5.73. The number of nitrogens with zero attached hydrogens (tertiary/aromatic N) is 1. The number of hydrogen-bond acceptors (Lipinski definition) is 4. The van der Waals surface area contributed by atoms with E-state index < -0.39 is 0 Å². The smallest absolute Gasteiger partial charge is 0.251 e. The van der Waals surface area contributed by atoms with E-state index in [-0.39, 0.29) is 18.1 Å². The maximum absolute atomic E-state index is 12.2. The molecule has 1 fully saturated rings. The van der Waals surface area contributed by atoms with Gasteiger partial charge in [-0.05, 0) is 31.8 Å². The molecule has 2 rings (SSSR count). The van der Waals surface area contributed by atoms with Crippen LogP contribution in [-0.2, 0) is 11.3 Å². The molecule has 20 heavy (non-hydrogen) atoms. The van der Waals surface area contributed by atoms with Gasteiger partial charge in [0.25, 0.3) is 5.91 Å². The second kappa shape index (κ2) is 6.83. The third-order valence-electron chi connectivity index (χ3n) is 3.49. The van der Waals surface area contributed by atoms with E-state index in [1.54, 1.807) is 7.11 Å². The van der Waals surface area contributed by atoms with E-state index in [0.29, 0.717) is 5.56 Å². The molecule has 1 heterocycles. The molecular weight excluding hydrogens is 254 g/mol. The van der Waals surface area contributed by atoms with Crippen molar-refractivity contribution in [2.45, 2.75) is 18.7 Å². The number of carbonyl (C=O) groups excluding carboxylic acids is 1. The quantitative estimate of drug-likeness (QED) is 0.821. The predicted octanol–water partition coefficient (Wildman–Crippen LogP) is 0.465. The summed E-state index contributed by atoms with van der Waals surface area (Å²) >= 11 is 0. The lowest BCUT2D eigenvalue weighted by molar-refractivity contribution is 0.0780. The van der Waals surface area contributed by atoms with Gasteiger partial charge in [0.2, 0.25) is 0 Å². The van der Waals surface area contributed by atoms with Crippen LogP contribution in [0.4, 0.5) is 0 Å². The predicted molar refractivity (Wildman–Crippen MR) is 78.8 cm³/mol. The fourth-order valence-corrected chi connectivity index (χ4v) is 2.42. The van der Waals surface area contributed by atoms with E-state index in [1.807, 2.05) is 38.4 Å². The molecule has 0 radical (unpaired) electrons. The molecule has 1 aliphatic rings. The molecule has 110 valence electrons. The zero-order valence-corrected chi connectivity index (χ0v) is 12.3. The Hall–Kier alpha value is -1.43. The first kappa shape index (κ1) is 15.0. The van der Waals surface area contributed by atoms with E-state index in [0.717, 1.165) is 19.6 Å². The molecule has 1 amide bonds. The highest BCUT2D eigenvalue weighted by molar-refractivity contribution is 5.94. The highest BCUT2D eigenvalue weighted by Gasteiger charge is 2.28. The summed E-state index contributed by atoms with van der Waals surface area (Å²) in [5.41, 5.74) is 1.89. The monoisotopic (exact) mass is 277 g/mol. The van der Waals surface area contributed by atoms with Crippen molar-refractivity contribution in [2.75, 3.05) is 34.3 Å². The molecule has 5 heteroatoms. The minimum Gasteiger partial charge on any atom is -0.378 e. The van der Waals surface area contributed by atoms with Gasteiger partial charge < -0.3 is 20.3 Å². The lowest BCUT2D eigenvalue weighted by Crippen LogP contribution is -2.43. The van der Waals surface area contributed by atoms with Crippen LogP contribution in [0, 0.1) is 0 Å². The van der Waals surface area contributed by atoms with E-state index in [4.69, 9.17) is 4.74 Å². The van der Waals surface area contributed by atoms with Crippen LogP contribution in [0.25, 0.3) is 0 Å². The first-order valence-corrected chi connectivity index (χ1v) is 6.88. The molecule has 5 nitrogen and oxygen atoms in total. The van der Waals surface area contributed by atoms with Crippen LogP contribution in [0.15, 0.2) is 24.3 Å². The largest absolute Gasteiger partial charge is 0.378 e. The summed E-state index contributed by atoms with van der Waals surface area (Å²) in [6.07, 6.45) is 0.0481. The van der Waals surface area contributed by atoms with Gasteiger partial charge in [0.15, 0.2) is 0 Å². The van der Waals surface area contributed by atoms with Crippen LogP contribution in [0.5, 0.6) is 0 Å². The Balaban J connectivity index is 1.95. The van der Waals surface area contributed by atoms with Gasteiger partial charge >= 0.3 is 0 Å². The van der Waals surface area contributed by atoms with Gasteiger partial charge in [0.05, 0.1) is 12.1 Å². The van der Waals surface area contributed by atoms with Crippen molar-refractivity contribution in [2.24, 2.45) is 0 Å². The first-order chi connectivity index (χ1) is 9.60. The fourth-order valence-electron chi connectivity index (χ4n) is 2.42. The Morgan fingerprint density at radius 2 is 2.05 bits per heavy atom. The molecule has 2 N–H and O–H groups in total. The Labute approximate surface area is 120 Å². The SMILES string of the molecule is CO[C@H]1CNCC1NC(=O)c1ccc(CN(C)C)cc1. The maximum Gasteiger partial charge on any atom is 0.251 e. The van der Waals surface area contributed by atoms with Crippen molar-refractivity contribution in [1.29, 1.82) is 0 Å². The third kappa shape index (κ3) is 3.79. The molecule has 0 spiro atoms. The van der Waals surface area contributed by atoms with Gasteiger partial charge in [-0.25, -0.2) is 0 Å². The molecule has 1 saturated heterocycles. The minimum absolute atomic E-state index is 0.0361. The van der Waals surface area contributed by atoms with Crippen molar-refractivity contribution in [3.05, 3.63) is 35.4 Å². The van der Waals surface area contributed by atoms with Crippen LogP contribution in [0.2, 0.25) is 0 Å². The van der Waals surface area contributed by atoms with Crippen LogP contribution in [0.3, 0.4) is 0 Å². The molecule has 1 aromatic carbocycles. The summed E-state index contributed by atoms with van der Waals surface area (Å²) in [5, 5.41) is 6.24. The average Bonchev–Trinajstić information content (AvgIpc) is 2.86. The number of methoxy groups -OCH3 is 1. The van der Waals surface area contributed by atoms with Crippen molar-refractivity contribution in [1.82, 2.24) is 15.5 Å². The number of ether oxygens (including phenoxy) is 1. The second-order valence-electron chi connectivity index (χ2n) is 5.45. The highest BCUT2D eigenvalue weighted by atomic mass is 16.5. The van der Waals surface area contributed by atoms with Crippen LogP contribution in [-0.4, -0.2) is 57.2 Å². The number of benzene rings is 1. The fraction of sp³-hybridized carbons (Fsp3) is 0.533. The number of rotatable bonds is 5. The van der Waals surface area contributed by atoms with E-state index in [9.17, 15) is 4.79 Å². The Morgan fingerprint density at radius 3 is 2.65 bits per heavy atom. The van der Waals surface area contributed by atoms with Gasteiger partial charge in [-0.2, -0.15) is 0 Å². The van der Waals surface area contributed by atoms with Crippen LogP contribution < -0.4 is 10.6 Å². The van der Waals surface area contributed by atoms with E-state index in [1.165, 1.54) is 5.56 Å². The van der Waals surface area contributed by atoms with Gasteiger partial charge in [-0.3, -0.25) is 4.79 Å².